The minimum absolute atomic E-state index is 0. The van der Waals surface area contributed by atoms with Gasteiger partial charge in [-0.2, -0.15) is 0 Å². The van der Waals surface area contributed by atoms with Crippen molar-refractivity contribution in [1.82, 2.24) is 0 Å². The van der Waals surface area contributed by atoms with Crippen LogP contribution in [0.5, 0.6) is 0 Å². The Morgan fingerprint density at radius 2 is 0.730 bits per heavy atom. The summed E-state index contributed by atoms with van der Waals surface area (Å²) in [6.45, 7) is 24.5. The van der Waals surface area contributed by atoms with Crippen molar-refractivity contribution < 1.29 is 36.8 Å². The van der Waals surface area contributed by atoms with Crippen LogP contribution in [-0.4, -0.2) is 54.7 Å². The first-order valence-electron chi connectivity index (χ1n) is 21.5. The second kappa shape index (κ2) is 15.7. The van der Waals surface area contributed by atoms with Gasteiger partial charge in [0.1, 0.15) is 16.7 Å². The zero-order valence-electron chi connectivity index (χ0n) is 37.8. The van der Waals surface area contributed by atoms with E-state index in [-0.39, 0.29) is 41.0 Å². The van der Waals surface area contributed by atoms with Gasteiger partial charge in [0.05, 0.1) is 38.6 Å². The second-order valence-electron chi connectivity index (χ2n) is 19.8. The van der Waals surface area contributed by atoms with Crippen LogP contribution in [0.2, 0.25) is 5.02 Å². The number of furan rings is 2. The Bertz CT molecular complexity index is 2920. The van der Waals surface area contributed by atoms with Gasteiger partial charge >= 0.3 is 21.1 Å². The van der Waals surface area contributed by atoms with Crippen LogP contribution in [0.4, 0.5) is 0 Å². The van der Waals surface area contributed by atoms with Gasteiger partial charge in [-0.05, 0) is 135 Å². The summed E-state index contributed by atoms with van der Waals surface area (Å²) in [4.78, 5) is 0. The van der Waals surface area contributed by atoms with Gasteiger partial charge in [-0.3, -0.25) is 0 Å². The molecule has 2 aromatic heterocycles. The Morgan fingerprint density at radius 3 is 1.16 bits per heavy atom. The van der Waals surface area contributed by atoms with Crippen LogP contribution < -0.4 is 5.46 Å². The first kappa shape index (κ1) is 45.3. The molecule has 3 saturated heterocycles. The molecule has 6 aromatic carbocycles. The molecule has 0 amide bonds. The Balaban J connectivity index is 0.000000132. The van der Waals surface area contributed by atoms with Crippen molar-refractivity contribution in [3.63, 3.8) is 0 Å². The molecule has 0 radical (unpaired) electrons. The van der Waals surface area contributed by atoms with E-state index < -0.39 is 21.1 Å². The van der Waals surface area contributed by atoms with E-state index in [1.165, 1.54) is 21.5 Å². The van der Waals surface area contributed by atoms with Crippen molar-refractivity contribution in [2.75, 3.05) is 0 Å². The lowest BCUT2D eigenvalue weighted by Gasteiger charge is -2.32. The van der Waals surface area contributed by atoms with Crippen LogP contribution in [0.15, 0.2) is 118 Å². The predicted molar refractivity (Wildman–Crippen MR) is 262 cm³/mol. The van der Waals surface area contributed by atoms with Crippen LogP contribution in [0.1, 0.15) is 90.5 Å². The quantitative estimate of drug-likeness (QED) is 0.159. The van der Waals surface area contributed by atoms with Gasteiger partial charge in [0, 0.05) is 27.0 Å². The highest BCUT2D eigenvalue weighted by atomic mass is 35.5. The zero-order valence-corrected chi connectivity index (χ0v) is 38.5. The van der Waals surface area contributed by atoms with Crippen LogP contribution >= 0.6 is 11.6 Å². The molecule has 0 bridgehead atoms. The van der Waals surface area contributed by atoms with E-state index in [1.807, 2.05) is 104 Å². The average Bonchev–Trinajstić information content (AvgIpc) is 3.93. The average molecular weight is 867 g/mol. The highest BCUT2D eigenvalue weighted by molar-refractivity contribution is 7.11. The lowest BCUT2D eigenvalue weighted by molar-refractivity contribution is 0.00578. The van der Waals surface area contributed by atoms with E-state index in [9.17, 15) is 0 Å². The summed E-state index contributed by atoms with van der Waals surface area (Å²) in [6, 6.07) is 37.2. The molecule has 0 N–H and O–H groups in total. The van der Waals surface area contributed by atoms with Gasteiger partial charge in [0.15, 0.2) is 5.58 Å². The minimum atomic E-state index is -0.476. The minimum Gasteiger partial charge on any atom is -0.456 e. The fourth-order valence-corrected chi connectivity index (χ4v) is 8.32. The molecule has 0 saturated carbocycles. The number of hydrogen-bond donors (Lipinski definition) is 0. The smallest absolute Gasteiger partial charge is 0.456 e. The van der Waals surface area contributed by atoms with E-state index in [4.69, 9.17) is 48.4 Å². The van der Waals surface area contributed by atoms with Crippen molar-refractivity contribution >= 4 is 104 Å². The van der Waals surface area contributed by atoms with Crippen LogP contribution in [0, 0.1) is 0 Å². The highest BCUT2D eigenvalue weighted by Crippen LogP contribution is 2.43. The largest absolute Gasteiger partial charge is 0.498 e. The Labute approximate surface area is 377 Å². The summed E-state index contributed by atoms with van der Waals surface area (Å²) in [7, 11) is -1.38. The van der Waals surface area contributed by atoms with Gasteiger partial charge in [0.2, 0.25) is 0 Å². The van der Waals surface area contributed by atoms with Crippen LogP contribution in [0.25, 0.3) is 65.4 Å². The summed E-state index contributed by atoms with van der Waals surface area (Å²) < 4.78 is 48.5. The molecular weight excluding hydrogens is 808 g/mol. The number of benzene rings is 6. The molecule has 0 atom stereocenters. The lowest BCUT2D eigenvalue weighted by atomic mass is 9.49. The summed E-state index contributed by atoms with van der Waals surface area (Å²) in [5.41, 5.74) is 2.15. The first-order valence-corrected chi connectivity index (χ1v) is 21.8. The SMILES string of the molecule is C.CC1(C)OB(B2OC(C)(C)C(C)(C)O2)OC1(C)C.CC1(C)OB(c2cccc3c2oc2cc4ccccc4cc23)OC1(C)C.Clc1cccc2c1oc1cc3ccccc3cc12. The number of fused-ring (bicyclic) bond motifs is 8. The maximum Gasteiger partial charge on any atom is 0.498 e. The van der Waals surface area contributed by atoms with Crippen molar-refractivity contribution in [1.29, 1.82) is 0 Å². The molecule has 8 nitrogen and oxygen atoms in total. The molecular formula is C51H58B3ClO8. The number of para-hydroxylation sites is 2. The Hall–Kier alpha value is -4.32. The molecule has 326 valence electrons. The third-order valence-corrected chi connectivity index (χ3v) is 14.3. The number of halogens is 1. The van der Waals surface area contributed by atoms with Gasteiger partial charge in [-0.1, -0.05) is 97.9 Å². The molecule has 3 aliphatic heterocycles. The summed E-state index contributed by atoms with van der Waals surface area (Å²) >= 11 is 6.17. The van der Waals surface area contributed by atoms with E-state index in [0.29, 0.717) is 5.02 Å². The standard InChI is InChI=1S/C22H21BO3.C16H9ClO.C12H24B2O4.CH4/c1-21(2)22(3,4)26-23(25-21)18-11-7-10-16-17-12-14-8-5-6-9-15(14)13-19(17)24-20(16)18;17-14-7-3-6-12-13-8-10-4-1-2-5-11(10)9-15(13)18-16(12)14;1-9(2)10(3,4)16-13(15-9)14-17-11(5,6)12(7,8)18-14;/h5-13H,1-4H3;1-9H;1-8H3;1H4. The number of hydrogen-bond acceptors (Lipinski definition) is 8. The summed E-state index contributed by atoms with van der Waals surface area (Å²) in [6.07, 6.45) is 0. The molecule has 8 aromatic rings. The highest BCUT2D eigenvalue weighted by Gasteiger charge is 2.63. The maximum absolute atomic E-state index is 6.28. The van der Waals surface area contributed by atoms with Crippen molar-refractivity contribution in [2.45, 2.75) is 124 Å². The van der Waals surface area contributed by atoms with Gasteiger partial charge in [0.25, 0.3) is 0 Å². The predicted octanol–water partition coefficient (Wildman–Crippen LogP) is 13.3. The molecule has 3 aliphatic rings. The molecule has 0 unspecified atom stereocenters. The summed E-state index contributed by atoms with van der Waals surface area (Å²) in [5, 5.41) is 9.85. The van der Waals surface area contributed by atoms with Gasteiger partial charge in [-0.15, -0.1) is 0 Å². The Kier molecular flexibility index (Phi) is 11.3. The maximum atomic E-state index is 6.28. The van der Waals surface area contributed by atoms with Crippen LogP contribution in [-0.2, 0) is 27.9 Å². The molecule has 63 heavy (non-hydrogen) atoms. The molecule has 3 fully saturated rings. The van der Waals surface area contributed by atoms with Crippen molar-refractivity contribution in [3.8, 4) is 0 Å². The zero-order chi connectivity index (χ0) is 44.2. The normalized spacial score (nSPS) is 20.3. The van der Waals surface area contributed by atoms with E-state index in [1.54, 1.807) is 0 Å². The molecule has 11 rings (SSSR count). The second-order valence-corrected chi connectivity index (χ2v) is 20.2. The lowest BCUT2D eigenvalue weighted by Crippen LogP contribution is -2.41. The third kappa shape index (κ3) is 7.88. The molecule has 5 heterocycles. The van der Waals surface area contributed by atoms with Gasteiger partial charge < -0.3 is 36.8 Å². The van der Waals surface area contributed by atoms with Crippen molar-refractivity contribution in [3.05, 3.63) is 114 Å². The Morgan fingerprint density at radius 1 is 0.381 bits per heavy atom. The monoisotopic (exact) mass is 866 g/mol. The first-order chi connectivity index (χ1) is 29.1. The number of rotatable bonds is 2. The summed E-state index contributed by atoms with van der Waals surface area (Å²) in [5.74, 6) is 0. The third-order valence-electron chi connectivity index (χ3n) is 14.0. The van der Waals surface area contributed by atoms with Crippen molar-refractivity contribution in [2.24, 2.45) is 0 Å². The molecule has 12 heteroatoms. The van der Waals surface area contributed by atoms with E-state index in [2.05, 4.69) is 88.4 Å². The molecule has 0 aliphatic carbocycles. The fourth-order valence-electron chi connectivity index (χ4n) is 8.11. The topological polar surface area (TPSA) is 81.7 Å². The molecule has 0 spiro atoms. The van der Waals surface area contributed by atoms with E-state index in [0.717, 1.165) is 49.3 Å². The fraction of sp³-hybridized carbons (Fsp3) is 0.373. The van der Waals surface area contributed by atoms with Gasteiger partial charge in [-0.25, -0.2) is 0 Å². The van der Waals surface area contributed by atoms with Crippen LogP contribution in [0.3, 0.4) is 0 Å². The van der Waals surface area contributed by atoms with E-state index >= 15 is 0 Å².